The molecule has 2 aliphatic rings. The van der Waals surface area contributed by atoms with E-state index in [9.17, 15) is 24.0 Å². The summed E-state index contributed by atoms with van der Waals surface area (Å²) in [5, 5.41) is 5.71. The number of nitrogens with one attached hydrogen (secondary N) is 2. The molecule has 1 saturated heterocycles. The number of esters is 1. The van der Waals surface area contributed by atoms with Gasteiger partial charge in [0, 0.05) is 24.9 Å². The van der Waals surface area contributed by atoms with Crippen LogP contribution in [0.2, 0.25) is 0 Å². The molecule has 6 N–H and O–H groups in total. The van der Waals surface area contributed by atoms with Gasteiger partial charge in [-0.05, 0) is 42.5 Å². The Morgan fingerprint density at radius 3 is 2.51 bits per heavy atom. The van der Waals surface area contributed by atoms with Crippen molar-refractivity contribution in [1.82, 2.24) is 10.6 Å². The van der Waals surface area contributed by atoms with Crippen LogP contribution < -0.4 is 27.0 Å². The monoisotopic (exact) mass is 590 g/mol. The van der Waals surface area contributed by atoms with Crippen molar-refractivity contribution in [3.63, 3.8) is 0 Å². The lowest BCUT2D eigenvalue weighted by Gasteiger charge is -2.41. The molecule has 0 aliphatic carbocycles. The largest absolute Gasteiger partial charge is 0.468 e. The molecule has 0 radical (unpaired) electrons. The van der Waals surface area contributed by atoms with E-state index in [1.807, 2.05) is 12.1 Å². The molecule has 4 rings (SSSR count). The maximum absolute atomic E-state index is 13.6. The summed E-state index contributed by atoms with van der Waals surface area (Å²) in [5.74, 6) is -1.46. The van der Waals surface area contributed by atoms with Crippen LogP contribution >= 0.6 is 0 Å². The van der Waals surface area contributed by atoms with Gasteiger partial charge in [-0.1, -0.05) is 49.7 Å². The van der Waals surface area contributed by atoms with Gasteiger partial charge in [-0.2, -0.15) is 0 Å². The predicted octanol–water partition coefficient (Wildman–Crippen LogP) is 0.749. The van der Waals surface area contributed by atoms with Crippen LogP contribution in [0.15, 0.2) is 53.5 Å². The first kappa shape index (κ1) is 31.4. The first-order valence-corrected chi connectivity index (χ1v) is 14.2. The summed E-state index contributed by atoms with van der Waals surface area (Å²) < 4.78 is 5.20. The van der Waals surface area contributed by atoms with E-state index in [1.165, 1.54) is 12.0 Å². The normalized spacial score (nSPS) is 22.3. The van der Waals surface area contributed by atoms with Crippen LogP contribution in [0.5, 0.6) is 0 Å². The number of rotatable bonds is 14. The van der Waals surface area contributed by atoms with Gasteiger partial charge < -0.3 is 36.0 Å². The number of ether oxygens (including phenoxy) is 1. The Bertz CT molecular complexity index is 1430. The second-order valence-corrected chi connectivity index (χ2v) is 11.2. The fourth-order valence-corrected chi connectivity index (χ4v) is 6.23. The number of amides is 2. The maximum atomic E-state index is 13.6. The molecule has 2 amide bonds. The van der Waals surface area contributed by atoms with Crippen molar-refractivity contribution >= 4 is 42.0 Å². The van der Waals surface area contributed by atoms with Crippen molar-refractivity contribution in [2.75, 3.05) is 31.6 Å². The number of nitrogens with two attached hydrogens (primary N) is 2. The molecule has 2 aliphatic heterocycles. The Morgan fingerprint density at radius 1 is 1.12 bits per heavy atom. The van der Waals surface area contributed by atoms with Crippen molar-refractivity contribution in [2.45, 2.75) is 55.5 Å². The van der Waals surface area contributed by atoms with Gasteiger partial charge >= 0.3 is 5.97 Å². The number of hydrogen-bond acceptors (Lipinski definition) is 8. The predicted molar refractivity (Wildman–Crippen MR) is 161 cm³/mol. The first-order valence-electron chi connectivity index (χ1n) is 14.2. The van der Waals surface area contributed by atoms with Gasteiger partial charge in [0.05, 0.1) is 24.9 Å². The summed E-state index contributed by atoms with van der Waals surface area (Å²) in [6.45, 7) is 1.95. The zero-order valence-corrected chi connectivity index (χ0v) is 24.4. The van der Waals surface area contributed by atoms with Gasteiger partial charge in [-0.25, -0.2) is 4.79 Å². The second-order valence-electron chi connectivity index (χ2n) is 11.2. The third-order valence-electron chi connectivity index (χ3n) is 8.54. The standard InChI is InChI=1S/C31H38N6O6/c1-29(22-10-6-3-7-11-22,31(27(42)43-2)30(20-39,36-31)14-16-38)19-37-24-13-12-21(9-5-4-8-15-34-28(32)33)17-23(24)26(41)35-18-25(37)40/h3,6-7,10-13,16-17,20,36H,4-5,8-9,14-15,18-19H2,1-2H3,(H,35,41)(H4,32,33,34)/t29?,30?,31-/m1/s1. The number of nitrogens with zero attached hydrogens (tertiary/aromatic N) is 2. The zero-order valence-electron chi connectivity index (χ0n) is 24.4. The molecule has 0 aromatic heterocycles. The molecule has 0 spiro atoms. The first-order chi connectivity index (χ1) is 20.6. The number of benzene rings is 2. The Balaban J connectivity index is 1.73. The quantitative estimate of drug-likeness (QED) is 0.0613. The van der Waals surface area contributed by atoms with Crippen molar-refractivity contribution in [3.8, 4) is 0 Å². The molecule has 2 aromatic carbocycles. The minimum atomic E-state index is -1.67. The van der Waals surface area contributed by atoms with E-state index < -0.39 is 34.3 Å². The number of anilines is 1. The summed E-state index contributed by atoms with van der Waals surface area (Å²) in [6.07, 6.45) is 4.15. The highest BCUT2D eigenvalue weighted by Gasteiger charge is 2.80. The number of unbranched alkanes of at least 4 members (excludes halogenated alkanes) is 2. The van der Waals surface area contributed by atoms with Crippen molar-refractivity contribution in [2.24, 2.45) is 16.5 Å². The highest BCUT2D eigenvalue weighted by molar-refractivity contribution is 6.10. The van der Waals surface area contributed by atoms with Crippen molar-refractivity contribution < 1.29 is 28.7 Å². The van der Waals surface area contributed by atoms with E-state index >= 15 is 0 Å². The third-order valence-corrected chi connectivity index (χ3v) is 8.54. The topological polar surface area (TPSA) is 196 Å². The smallest absolute Gasteiger partial charge is 0.329 e. The van der Waals surface area contributed by atoms with E-state index in [0.29, 0.717) is 42.4 Å². The van der Waals surface area contributed by atoms with Gasteiger partial charge in [-0.15, -0.1) is 0 Å². The molecule has 2 unspecified atom stereocenters. The number of guanidine groups is 1. The number of aryl methyl sites for hydroxylation is 1. The minimum absolute atomic E-state index is 0.0646. The van der Waals surface area contributed by atoms with Crippen LogP contribution in [-0.2, 0) is 35.8 Å². The second kappa shape index (κ2) is 12.7. The molecular weight excluding hydrogens is 552 g/mol. The summed E-state index contributed by atoms with van der Waals surface area (Å²) in [6, 6.07) is 14.4. The van der Waals surface area contributed by atoms with Gasteiger partial charge in [0.1, 0.15) is 18.1 Å². The maximum Gasteiger partial charge on any atom is 0.329 e. The SMILES string of the molecule is COC(=O)[C@]1(C(C)(CN2C(=O)CNC(=O)c3cc(CCCCCN=C(N)N)ccc32)c2ccccc2)NC1(C=O)CC=O. The van der Waals surface area contributed by atoms with Crippen LogP contribution in [0.4, 0.5) is 5.69 Å². The number of aliphatic imine (C=N–C) groups is 1. The Morgan fingerprint density at radius 2 is 1.86 bits per heavy atom. The molecule has 12 heteroatoms. The molecule has 1 fully saturated rings. The van der Waals surface area contributed by atoms with E-state index in [-0.39, 0.29) is 25.5 Å². The Labute approximate surface area is 250 Å². The lowest BCUT2D eigenvalue weighted by Crippen LogP contribution is -2.59. The molecule has 0 saturated carbocycles. The van der Waals surface area contributed by atoms with Crippen molar-refractivity contribution in [3.05, 3.63) is 65.2 Å². The lowest BCUT2D eigenvalue weighted by molar-refractivity contribution is -0.147. The lowest BCUT2D eigenvalue weighted by atomic mass is 9.65. The van der Waals surface area contributed by atoms with Gasteiger partial charge in [-0.3, -0.25) is 19.9 Å². The molecule has 3 atom stereocenters. The van der Waals surface area contributed by atoms with Crippen LogP contribution in [-0.4, -0.2) is 74.1 Å². The number of carbonyl (C=O) groups excluding carboxylic acids is 5. The summed E-state index contributed by atoms with van der Waals surface area (Å²) >= 11 is 0. The highest BCUT2D eigenvalue weighted by atomic mass is 16.5. The van der Waals surface area contributed by atoms with E-state index in [4.69, 9.17) is 16.2 Å². The highest BCUT2D eigenvalue weighted by Crippen LogP contribution is 2.54. The molecule has 228 valence electrons. The number of methoxy groups -OCH3 is 1. The fourth-order valence-electron chi connectivity index (χ4n) is 6.23. The van der Waals surface area contributed by atoms with Crippen LogP contribution in [0.1, 0.15) is 54.1 Å². The summed E-state index contributed by atoms with van der Waals surface area (Å²) in [7, 11) is 1.21. The number of aldehydes is 2. The average molecular weight is 591 g/mol. The number of fused-ring (bicyclic) bond motifs is 1. The Kier molecular flexibility index (Phi) is 9.29. The molecule has 12 nitrogen and oxygen atoms in total. The fraction of sp³-hybridized carbons (Fsp3) is 0.419. The summed E-state index contributed by atoms with van der Waals surface area (Å²) in [5.41, 5.74) is 8.53. The van der Waals surface area contributed by atoms with Gasteiger partial charge in [0.15, 0.2) is 11.5 Å². The molecule has 43 heavy (non-hydrogen) atoms. The Hall–Kier alpha value is -4.58. The minimum Gasteiger partial charge on any atom is -0.468 e. The van der Waals surface area contributed by atoms with Gasteiger partial charge in [0.25, 0.3) is 5.91 Å². The van der Waals surface area contributed by atoms with E-state index in [2.05, 4.69) is 15.6 Å². The molecule has 2 heterocycles. The molecule has 0 bridgehead atoms. The molecule has 2 aromatic rings. The van der Waals surface area contributed by atoms with Crippen LogP contribution in [0.25, 0.3) is 0 Å². The van der Waals surface area contributed by atoms with Crippen LogP contribution in [0, 0.1) is 0 Å². The van der Waals surface area contributed by atoms with Crippen molar-refractivity contribution in [1.29, 1.82) is 0 Å². The number of hydrogen-bond donors (Lipinski definition) is 4. The van der Waals surface area contributed by atoms with Crippen LogP contribution in [0.3, 0.4) is 0 Å². The number of carbonyl (C=O) groups is 5. The van der Waals surface area contributed by atoms with Gasteiger partial charge in [0.2, 0.25) is 5.91 Å². The van der Waals surface area contributed by atoms with E-state index in [0.717, 1.165) is 24.8 Å². The van der Waals surface area contributed by atoms with E-state index in [1.54, 1.807) is 43.3 Å². The molecular formula is C31H38N6O6. The average Bonchev–Trinajstić information content (AvgIpc) is 3.72. The third kappa shape index (κ3) is 5.74. The zero-order chi connectivity index (χ0) is 31.3. The summed E-state index contributed by atoms with van der Waals surface area (Å²) in [4.78, 5) is 69.9.